The Morgan fingerprint density at radius 3 is 2.81 bits per heavy atom. The van der Waals surface area contributed by atoms with E-state index < -0.39 is 5.97 Å². The predicted octanol–water partition coefficient (Wildman–Crippen LogP) is 2.48. The van der Waals surface area contributed by atoms with E-state index >= 15 is 0 Å². The predicted molar refractivity (Wildman–Crippen MR) is 75.8 cm³/mol. The number of carbonyl (C=O) groups is 2. The van der Waals surface area contributed by atoms with Crippen molar-refractivity contribution < 1.29 is 23.8 Å². The molecule has 1 heterocycles. The van der Waals surface area contributed by atoms with Crippen molar-refractivity contribution in [2.24, 2.45) is 0 Å². The molecule has 0 radical (unpaired) electrons. The van der Waals surface area contributed by atoms with E-state index in [0.717, 1.165) is 31.4 Å². The van der Waals surface area contributed by atoms with E-state index in [4.69, 9.17) is 14.2 Å². The number of Topliss-reactive ketones (excluding diaryl/α,β-unsaturated/α-hetero) is 1. The molecule has 2 rings (SSSR count). The fourth-order valence-electron chi connectivity index (χ4n) is 2.19. The average molecular weight is 292 g/mol. The van der Waals surface area contributed by atoms with E-state index in [1.165, 1.54) is 6.92 Å². The largest absolute Gasteiger partial charge is 0.457 e. The van der Waals surface area contributed by atoms with Crippen LogP contribution in [0.2, 0.25) is 0 Å². The standard InChI is InChI=1S/C16H20O5/c1-12(17)20-11-15(18)14-7-3-2-6-13(14)10-21-16-8-4-5-9-19-16/h2-3,6-7,16H,4-5,8-11H2,1H3. The lowest BCUT2D eigenvalue weighted by Gasteiger charge is -2.23. The molecule has 1 aromatic carbocycles. The lowest BCUT2D eigenvalue weighted by molar-refractivity contribution is -0.168. The topological polar surface area (TPSA) is 61.8 Å². The Balaban J connectivity index is 1.95. The fourth-order valence-corrected chi connectivity index (χ4v) is 2.19. The highest BCUT2D eigenvalue weighted by Gasteiger charge is 2.17. The first kappa shape index (κ1) is 15.7. The van der Waals surface area contributed by atoms with E-state index in [2.05, 4.69) is 0 Å². The minimum Gasteiger partial charge on any atom is -0.457 e. The summed E-state index contributed by atoms with van der Waals surface area (Å²) in [7, 11) is 0. The molecule has 1 fully saturated rings. The van der Waals surface area contributed by atoms with Crippen molar-refractivity contribution in [1.82, 2.24) is 0 Å². The van der Waals surface area contributed by atoms with E-state index in [9.17, 15) is 9.59 Å². The number of rotatable bonds is 6. The summed E-state index contributed by atoms with van der Waals surface area (Å²) in [6, 6.07) is 7.18. The summed E-state index contributed by atoms with van der Waals surface area (Å²) in [6.45, 7) is 2.07. The van der Waals surface area contributed by atoms with Crippen LogP contribution in [0.1, 0.15) is 42.1 Å². The summed E-state index contributed by atoms with van der Waals surface area (Å²) in [5.41, 5.74) is 1.30. The van der Waals surface area contributed by atoms with Gasteiger partial charge in [0.1, 0.15) is 0 Å². The van der Waals surface area contributed by atoms with Gasteiger partial charge in [0.25, 0.3) is 0 Å². The molecule has 0 saturated carbocycles. The van der Waals surface area contributed by atoms with Crippen molar-refractivity contribution in [3.63, 3.8) is 0 Å². The lowest BCUT2D eigenvalue weighted by atomic mass is 10.0. The lowest BCUT2D eigenvalue weighted by Crippen LogP contribution is -2.22. The second-order valence-electron chi connectivity index (χ2n) is 4.97. The summed E-state index contributed by atoms with van der Waals surface area (Å²) in [4.78, 5) is 22.8. The molecular weight excluding hydrogens is 272 g/mol. The number of hydrogen-bond acceptors (Lipinski definition) is 5. The highest BCUT2D eigenvalue weighted by atomic mass is 16.7. The zero-order chi connectivity index (χ0) is 15.1. The Morgan fingerprint density at radius 1 is 1.29 bits per heavy atom. The molecule has 1 atom stereocenters. The molecule has 0 spiro atoms. The quantitative estimate of drug-likeness (QED) is 0.595. The maximum atomic E-state index is 12.1. The molecule has 1 unspecified atom stereocenters. The summed E-state index contributed by atoms with van der Waals surface area (Å²) in [5, 5.41) is 0. The van der Waals surface area contributed by atoms with Crippen LogP contribution < -0.4 is 0 Å². The van der Waals surface area contributed by atoms with Crippen LogP contribution >= 0.6 is 0 Å². The van der Waals surface area contributed by atoms with Crippen LogP contribution in [0, 0.1) is 0 Å². The number of carbonyl (C=O) groups excluding carboxylic acids is 2. The first-order valence-corrected chi connectivity index (χ1v) is 7.14. The Kier molecular flexibility index (Phi) is 5.90. The first-order valence-electron chi connectivity index (χ1n) is 7.14. The van der Waals surface area contributed by atoms with Crippen LogP contribution in [0.3, 0.4) is 0 Å². The van der Waals surface area contributed by atoms with Gasteiger partial charge in [0.15, 0.2) is 12.9 Å². The summed E-state index contributed by atoms with van der Waals surface area (Å²) < 4.78 is 16.0. The maximum absolute atomic E-state index is 12.1. The highest BCUT2D eigenvalue weighted by Crippen LogP contribution is 2.17. The van der Waals surface area contributed by atoms with Crippen LogP contribution in [0.15, 0.2) is 24.3 Å². The Hall–Kier alpha value is -1.72. The Labute approximate surface area is 124 Å². The van der Waals surface area contributed by atoms with Gasteiger partial charge >= 0.3 is 5.97 Å². The molecular formula is C16H20O5. The third kappa shape index (κ3) is 4.95. The zero-order valence-electron chi connectivity index (χ0n) is 12.2. The second kappa shape index (κ2) is 7.90. The summed E-state index contributed by atoms with van der Waals surface area (Å²) in [5.74, 6) is -0.693. The van der Waals surface area contributed by atoms with Gasteiger partial charge in [0.05, 0.1) is 6.61 Å². The average Bonchev–Trinajstić information content (AvgIpc) is 2.52. The molecule has 0 aromatic heterocycles. The third-order valence-electron chi connectivity index (χ3n) is 3.29. The molecule has 114 valence electrons. The molecule has 0 bridgehead atoms. The van der Waals surface area contributed by atoms with Gasteiger partial charge in [-0.05, 0) is 24.8 Å². The van der Waals surface area contributed by atoms with Crippen molar-refractivity contribution in [3.8, 4) is 0 Å². The van der Waals surface area contributed by atoms with Gasteiger partial charge in [-0.15, -0.1) is 0 Å². The summed E-state index contributed by atoms with van der Waals surface area (Å²) in [6.07, 6.45) is 2.84. The van der Waals surface area contributed by atoms with Gasteiger partial charge in [-0.1, -0.05) is 24.3 Å². The fraction of sp³-hybridized carbons (Fsp3) is 0.500. The third-order valence-corrected chi connectivity index (χ3v) is 3.29. The summed E-state index contributed by atoms with van der Waals surface area (Å²) >= 11 is 0. The number of ether oxygens (including phenoxy) is 3. The first-order chi connectivity index (χ1) is 10.2. The van der Waals surface area contributed by atoms with Crippen LogP contribution in [0.25, 0.3) is 0 Å². The number of hydrogen-bond donors (Lipinski definition) is 0. The molecule has 5 heteroatoms. The van der Waals surface area contributed by atoms with Crippen LogP contribution in [0.4, 0.5) is 0 Å². The number of esters is 1. The number of benzene rings is 1. The van der Waals surface area contributed by atoms with Gasteiger partial charge in [0.2, 0.25) is 5.78 Å². The van der Waals surface area contributed by atoms with Gasteiger partial charge in [-0.3, -0.25) is 9.59 Å². The Morgan fingerprint density at radius 2 is 2.10 bits per heavy atom. The molecule has 1 aliphatic rings. The van der Waals surface area contributed by atoms with Crippen molar-refractivity contribution in [2.45, 2.75) is 39.1 Å². The monoisotopic (exact) mass is 292 g/mol. The number of ketones is 1. The molecule has 21 heavy (non-hydrogen) atoms. The SMILES string of the molecule is CC(=O)OCC(=O)c1ccccc1COC1CCCCO1. The van der Waals surface area contributed by atoms with E-state index in [1.807, 2.05) is 12.1 Å². The molecule has 5 nitrogen and oxygen atoms in total. The second-order valence-corrected chi connectivity index (χ2v) is 4.97. The molecule has 1 aliphatic heterocycles. The normalized spacial score (nSPS) is 18.2. The molecule has 0 N–H and O–H groups in total. The van der Waals surface area contributed by atoms with Gasteiger partial charge in [0, 0.05) is 19.1 Å². The maximum Gasteiger partial charge on any atom is 0.303 e. The molecule has 1 aromatic rings. The minimum absolute atomic E-state index is 0.199. The van der Waals surface area contributed by atoms with Gasteiger partial charge in [-0.2, -0.15) is 0 Å². The minimum atomic E-state index is -0.465. The molecule has 1 saturated heterocycles. The van der Waals surface area contributed by atoms with Gasteiger partial charge in [-0.25, -0.2) is 0 Å². The van der Waals surface area contributed by atoms with E-state index in [0.29, 0.717) is 12.2 Å². The van der Waals surface area contributed by atoms with Gasteiger partial charge < -0.3 is 14.2 Å². The van der Waals surface area contributed by atoms with E-state index in [1.54, 1.807) is 12.1 Å². The molecule has 0 aliphatic carbocycles. The smallest absolute Gasteiger partial charge is 0.303 e. The molecule has 0 amide bonds. The van der Waals surface area contributed by atoms with Crippen molar-refractivity contribution in [2.75, 3.05) is 13.2 Å². The van der Waals surface area contributed by atoms with Crippen LogP contribution in [-0.4, -0.2) is 31.3 Å². The van der Waals surface area contributed by atoms with Crippen molar-refractivity contribution in [1.29, 1.82) is 0 Å². The van der Waals surface area contributed by atoms with Crippen molar-refractivity contribution >= 4 is 11.8 Å². The van der Waals surface area contributed by atoms with Crippen LogP contribution in [-0.2, 0) is 25.6 Å². The highest BCUT2D eigenvalue weighted by molar-refractivity contribution is 5.99. The Bertz CT molecular complexity index is 491. The van der Waals surface area contributed by atoms with E-state index in [-0.39, 0.29) is 18.7 Å². The van der Waals surface area contributed by atoms with Crippen LogP contribution in [0.5, 0.6) is 0 Å². The van der Waals surface area contributed by atoms with Crippen molar-refractivity contribution in [3.05, 3.63) is 35.4 Å². The zero-order valence-corrected chi connectivity index (χ0v) is 12.2.